The van der Waals surface area contributed by atoms with Crippen LogP contribution >= 0.6 is 0 Å². The van der Waals surface area contributed by atoms with Crippen molar-refractivity contribution >= 4 is 17.5 Å². The smallest absolute Gasteiger partial charge is 0.240 e. The van der Waals surface area contributed by atoms with Crippen molar-refractivity contribution < 1.29 is 9.59 Å². The van der Waals surface area contributed by atoms with Crippen LogP contribution in [0.1, 0.15) is 45.2 Å². The Morgan fingerprint density at radius 1 is 1.38 bits per heavy atom. The van der Waals surface area contributed by atoms with Gasteiger partial charge in [-0.2, -0.15) is 0 Å². The zero-order valence-corrected chi connectivity index (χ0v) is 12.8. The predicted octanol–water partition coefficient (Wildman–Crippen LogP) is 1.95. The van der Waals surface area contributed by atoms with Gasteiger partial charge in [-0.3, -0.25) is 9.59 Å². The van der Waals surface area contributed by atoms with Gasteiger partial charge in [0.25, 0.3) is 0 Å². The van der Waals surface area contributed by atoms with Gasteiger partial charge >= 0.3 is 0 Å². The van der Waals surface area contributed by atoms with Crippen molar-refractivity contribution in [2.45, 2.75) is 45.2 Å². The summed E-state index contributed by atoms with van der Waals surface area (Å²) in [6.45, 7) is 5.17. The molecular formula is C16H23N3O2. The highest BCUT2D eigenvalue weighted by Gasteiger charge is 2.44. The van der Waals surface area contributed by atoms with Crippen LogP contribution in [0.3, 0.4) is 0 Å². The molecule has 5 heteroatoms. The maximum absolute atomic E-state index is 12.3. The van der Waals surface area contributed by atoms with E-state index in [1.54, 1.807) is 6.92 Å². The maximum atomic E-state index is 12.3. The van der Waals surface area contributed by atoms with Gasteiger partial charge < -0.3 is 16.4 Å². The number of hydrogen-bond acceptors (Lipinski definition) is 3. The van der Waals surface area contributed by atoms with Crippen LogP contribution in [0.25, 0.3) is 0 Å². The number of nitrogens with two attached hydrogens (primary N) is 1. The molecule has 5 nitrogen and oxygen atoms in total. The average molecular weight is 289 g/mol. The Kier molecular flexibility index (Phi) is 4.32. The normalized spacial score (nSPS) is 18.5. The van der Waals surface area contributed by atoms with E-state index in [1.165, 1.54) is 6.92 Å². The minimum absolute atomic E-state index is 0.118. The van der Waals surface area contributed by atoms with Crippen LogP contribution in [0, 0.1) is 5.92 Å². The molecule has 0 bridgehead atoms. The van der Waals surface area contributed by atoms with Crippen LogP contribution in [0.5, 0.6) is 0 Å². The van der Waals surface area contributed by atoms with E-state index in [2.05, 4.69) is 10.6 Å². The first-order valence-corrected chi connectivity index (χ1v) is 7.28. The Labute approximate surface area is 125 Å². The average Bonchev–Trinajstić information content (AvgIpc) is 3.22. The summed E-state index contributed by atoms with van der Waals surface area (Å²) in [5.41, 5.74) is 6.97. The van der Waals surface area contributed by atoms with E-state index >= 15 is 0 Å². The molecule has 0 spiro atoms. The Morgan fingerprint density at radius 2 is 2.05 bits per heavy atom. The SMILES string of the molecule is CC(=O)Nc1cccc(C(C)NC(=O)C(C)(N)C2CC2)c1. The van der Waals surface area contributed by atoms with Crippen LogP contribution in [0.4, 0.5) is 5.69 Å². The van der Waals surface area contributed by atoms with Crippen molar-refractivity contribution in [3.05, 3.63) is 29.8 Å². The summed E-state index contributed by atoms with van der Waals surface area (Å²) in [6.07, 6.45) is 2.04. The second-order valence-electron chi connectivity index (χ2n) is 6.06. The van der Waals surface area contributed by atoms with Crippen LogP contribution in [0.15, 0.2) is 24.3 Å². The summed E-state index contributed by atoms with van der Waals surface area (Å²) in [5.74, 6) is 0.0462. The van der Waals surface area contributed by atoms with E-state index in [0.29, 0.717) is 0 Å². The lowest BCUT2D eigenvalue weighted by Gasteiger charge is -2.26. The summed E-state index contributed by atoms with van der Waals surface area (Å²) in [5, 5.41) is 5.70. The predicted molar refractivity (Wildman–Crippen MR) is 82.6 cm³/mol. The van der Waals surface area contributed by atoms with Gasteiger partial charge in [0.15, 0.2) is 0 Å². The molecule has 2 atom stereocenters. The molecule has 1 aromatic rings. The molecule has 2 unspecified atom stereocenters. The minimum atomic E-state index is -0.802. The van der Waals surface area contributed by atoms with Crippen LogP contribution in [-0.2, 0) is 9.59 Å². The molecule has 21 heavy (non-hydrogen) atoms. The summed E-state index contributed by atoms with van der Waals surface area (Å²) >= 11 is 0. The van der Waals surface area contributed by atoms with Gasteiger partial charge in [0.2, 0.25) is 11.8 Å². The number of nitrogens with one attached hydrogen (secondary N) is 2. The molecule has 2 rings (SSSR count). The number of hydrogen-bond donors (Lipinski definition) is 3. The first kappa shape index (κ1) is 15.5. The lowest BCUT2D eigenvalue weighted by Crippen LogP contribution is -2.53. The Bertz CT molecular complexity index is 550. The van der Waals surface area contributed by atoms with Crippen LogP contribution in [-0.4, -0.2) is 17.4 Å². The molecule has 1 saturated carbocycles. The fourth-order valence-corrected chi connectivity index (χ4v) is 2.39. The highest BCUT2D eigenvalue weighted by molar-refractivity contribution is 5.89. The molecule has 1 aliphatic carbocycles. The molecule has 1 aromatic carbocycles. The second kappa shape index (κ2) is 5.85. The van der Waals surface area contributed by atoms with Crippen LogP contribution < -0.4 is 16.4 Å². The maximum Gasteiger partial charge on any atom is 0.240 e. The van der Waals surface area contributed by atoms with E-state index in [1.807, 2.05) is 31.2 Å². The zero-order valence-electron chi connectivity index (χ0n) is 12.8. The second-order valence-corrected chi connectivity index (χ2v) is 6.06. The monoisotopic (exact) mass is 289 g/mol. The number of benzene rings is 1. The molecule has 1 fully saturated rings. The molecular weight excluding hydrogens is 266 g/mol. The van der Waals surface area contributed by atoms with E-state index in [4.69, 9.17) is 5.73 Å². The number of carbonyl (C=O) groups is 2. The number of amides is 2. The van der Waals surface area contributed by atoms with Gasteiger partial charge in [0, 0.05) is 12.6 Å². The summed E-state index contributed by atoms with van der Waals surface area (Å²) in [6, 6.07) is 7.29. The molecule has 0 radical (unpaired) electrons. The van der Waals surface area contributed by atoms with Crippen molar-refractivity contribution in [2.75, 3.05) is 5.32 Å². The Morgan fingerprint density at radius 3 is 2.62 bits per heavy atom. The number of rotatable bonds is 5. The fraction of sp³-hybridized carbons (Fsp3) is 0.500. The standard InChI is InChI=1S/C16H23N3O2/c1-10(18-15(21)16(3,17)13-7-8-13)12-5-4-6-14(9-12)19-11(2)20/h4-6,9-10,13H,7-8,17H2,1-3H3,(H,18,21)(H,19,20). The van der Waals surface area contributed by atoms with Crippen LogP contribution in [0.2, 0.25) is 0 Å². The topological polar surface area (TPSA) is 84.2 Å². The van der Waals surface area contributed by atoms with E-state index in [-0.39, 0.29) is 23.8 Å². The summed E-state index contributed by atoms with van der Waals surface area (Å²) in [4.78, 5) is 23.4. The summed E-state index contributed by atoms with van der Waals surface area (Å²) in [7, 11) is 0. The van der Waals surface area contributed by atoms with Crippen molar-refractivity contribution in [3.8, 4) is 0 Å². The van der Waals surface area contributed by atoms with Gasteiger partial charge in [-0.15, -0.1) is 0 Å². The van der Waals surface area contributed by atoms with E-state index in [9.17, 15) is 9.59 Å². The minimum Gasteiger partial charge on any atom is -0.348 e. The number of carbonyl (C=O) groups excluding carboxylic acids is 2. The molecule has 114 valence electrons. The molecule has 0 heterocycles. The Balaban J connectivity index is 2.04. The first-order chi connectivity index (χ1) is 9.80. The number of anilines is 1. The third-order valence-electron chi connectivity index (χ3n) is 3.97. The molecule has 0 aliphatic heterocycles. The fourth-order valence-electron chi connectivity index (χ4n) is 2.39. The Hall–Kier alpha value is -1.88. The molecule has 2 amide bonds. The van der Waals surface area contributed by atoms with Gasteiger partial charge in [0.1, 0.15) is 0 Å². The van der Waals surface area contributed by atoms with Crippen molar-refractivity contribution in [2.24, 2.45) is 11.7 Å². The first-order valence-electron chi connectivity index (χ1n) is 7.28. The van der Waals surface area contributed by atoms with Crippen molar-refractivity contribution in [1.82, 2.24) is 5.32 Å². The lowest BCUT2D eigenvalue weighted by atomic mass is 9.95. The van der Waals surface area contributed by atoms with Crippen molar-refractivity contribution in [3.63, 3.8) is 0 Å². The molecule has 4 N–H and O–H groups in total. The quantitative estimate of drug-likeness (QED) is 0.774. The third kappa shape index (κ3) is 3.82. The summed E-state index contributed by atoms with van der Waals surface area (Å²) < 4.78 is 0. The van der Waals surface area contributed by atoms with Gasteiger partial charge in [0.05, 0.1) is 11.6 Å². The van der Waals surface area contributed by atoms with Gasteiger partial charge in [-0.1, -0.05) is 12.1 Å². The zero-order chi connectivity index (χ0) is 15.6. The van der Waals surface area contributed by atoms with Gasteiger partial charge in [-0.25, -0.2) is 0 Å². The highest BCUT2D eigenvalue weighted by atomic mass is 16.2. The van der Waals surface area contributed by atoms with E-state index in [0.717, 1.165) is 24.1 Å². The van der Waals surface area contributed by atoms with Crippen molar-refractivity contribution in [1.29, 1.82) is 0 Å². The molecule has 0 aromatic heterocycles. The largest absolute Gasteiger partial charge is 0.348 e. The molecule has 0 saturated heterocycles. The molecule has 1 aliphatic rings. The highest BCUT2D eigenvalue weighted by Crippen LogP contribution is 2.38. The van der Waals surface area contributed by atoms with Gasteiger partial charge in [-0.05, 0) is 50.3 Å². The van der Waals surface area contributed by atoms with E-state index < -0.39 is 5.54 Å². The third-order valence-corrected chi connectivity index (χ3v) is 3.97. The lowest BCUT2D eigenvalue weighted by molar-refractivity contribution is -0.127.